The van der Waals surface area contributed by atoms with Gasteiger partial charge in [-0.05, 0) is 31.0 Å². The Morgan fingerprint density at radius 3 is 2.81 bits per heavy atom. The molecule has 0 radical (unpaired) electrons. The number of aromatic nitrogens is 2. The Kier molecular flexibility index (Phi) is 2.86. The number of benzene rings is 1. The number of rotatable bonds is 3. The second-order valence-corrected chi connectivity index (χ2v) is 3.96. The van der Waals surface area contributed by atoms with E-state index in [9.17, 15) is 4.79 Å². The molecule has 1 aromatic carbocycles. The van der Waals surface area contributed by atoms with Crippen LogP contribution in [-0.2, 0) is 11.2 Å². The summed E-state index contributed by atoms with van der Waals surface area (Å²) in [6, 6.07) is 8.04. The van der Waals surface area contributed by atoms with Crippen LogP contribution < -0.4 is 0 Å². The van der Waals surface area contributed by atoms with Gasteiger partial charge in [0.25, 0.3) is 0 Å². The number of aryl methyl sites for hydroxylation is 1. The summed E-state index contributed by atoms with van der Waals surface area (Å²) in [6.07, 6.45) is 4.10. The van der Waals surface area contributed by atoms with Gasteiger partial charge in [-0.1, -0.05) is 18.2 Å². The van der Waals surface area contributed by atoms with Gasteiger partial charge >= 0.3 is 0 Å². The summed E-state index contributed by atoms with van der Waals surface area (Å²) in [5.74, 6) is 0.157. The topological polar surface area (TPSA) is 34.9 Å². The third kappa shape index (κ3) is 2.19. The van der Waals surface area contributed by atoms with Gasteiger partial charge in [0.2, 0.25) is 0 Å². The highest BCUT2D eigenvalue weighted by Crippen LogP contribution is 2.13. The zero-order valence-corrected chi connectivity index (χ0v) is 9.47. The van der Waals surface area contributed by atoms with E-state index in [0.717, 1.165) is 11.3 Å². The first-order valence-corrected chi connectivity index (χ1v) is 5.26. The summed E-state index contributed by atoms with van der Waals surface area (Å²) < 4.78 is 1.81. The highest BCUT2D eigenvalue weighted by molar-refractivity contribution is 5.78. The third-order valence-corrected chi connectivity index (χ3v) is 2.45. The summed E-state index contributed by atoms with van der Waals surface area (Å²) in [7, 11) is 0. The van der Waals surface area contributed by atoms with Gasteiger partial charge in [0.15, 0.2) is 0 Å². The molecule has 16 heavy (non-hydrogen) atoms. The molecule has 3 heteroatoms. The van der Waals surface area contributed by atoms with Crippen LogP contribution in [0.4, 0.5) is 0 Å². The molecule has 0 N–H and O–H groups in total. The quantitative estimate of drug-likeness (QED) is 0.785. The zero-order chi connectivity index (χ0) is 11.5. The molecule has 0 fully saturated rings. The standard InChI is InChI=1S/C13H14N2O/c1-10-5-3-4-6-13(10)15-9-12(8-14-15)7-11(2)16/h3-6,8-9H,7H2,1-2H3. The average Bonchev–Trinajstić information content (AvgIpc) is 2.66. The smallest absolute Gasteiger partial charge is 0.134 e. The number of carbonyl (C=O) groups is 1. The first kappa shape index (κ1) is 10.6. The molecule has 0 atom stereocenters. The minimum atomic E-state index is 0.157. The fourth-order valence-electron chi connectivity index (χ4n) is 1.69. The van der Waals surface area contributed by atoms with Crippen molar-refractivity contribution >= 4 is 5.78 Å². The van der Waals surface area contributed by atoms with Gasteiger partial charge in [0, 0.05) is 12.6 Å². The van der Waals surface area contributed by atoms with E-state index in [-0.39, 0.29) is 5.78 Å². The monoisotopic (exact) mass is 214 g/mol. The minimum absolute atomic E-state index is 0.157. The van der Waals surface area contributed by atoms with Crippen LogP contribution in [0.15, 0.2) is 36.7 Å². The molecule has 1 heterocycles. The van der Waals surface area contributed by atoms with E-state index in [1.165, 1.54) is 5.56 Å². The Hall–Kier alpha value is -1.90. The van der Waals surface area contributed by atoms with E-state index < -0.39 is 0 Å². The third-order valence-electron chi connectivity index (χ3n) is 2.45. The van der Waals surface area contributed by atoms with Crippen molar-refractivity contribution in [3.8, 4) is 5.69 Å². The van der Waals surface area contributed by atoms with Crippen LogP contribution in [0.25, 0.3) is 5.69 Å². The number of para-hydroxylation sites is 1. The van der Waals surface area contributed by atoms with Crippen molar-refractivity contribution in [1.82, 2.24) is 9.78 Å². The maximum absolute atomic E-state index is 11.0. The Balaban J connectivity index is 2.32. The maximum atomic E-state index is 11.0. The number of Topliss-reactive ketones (excluding diaryl/α,β-unsaturated/α-hetero) is 1. The molecule has 0 unspecified atom stereocenters. The molecule has 0 saturated carbocycles. The van der Waals surface area contributed by atoms with Crippen molar-refractivity contribution in [3.05, 3.63) is 47.8 Å². The molecule has 2 rings (SSSR count). The lowest BCUT2D eigenvalue weighted by molar-refractivity contribution is -0.116. The SMILES string of the molecule is CC(=O)Cc1cnn(-c2ccccc2C)c1. The van der Waals surface area contributed by atoms with E-state index in [4.69, 9.17) is 0 Å². The molecule has 2 aromatic rings. The Morgan fingerprint density at radius 1 is 1.38 bits per heavy atom. The average molecular weight is 214 g/mol. The molecule has 0 spiro atoms. The molecule has 1 aromatic heterocycles. The summed E-state index contributed by atoms with van der Waals surface area (Å²) in [5, 5.41) is 4.26. The van der Waals surface area contributed by atoms with Crippen LogP contribution in [0.2, 0.25) is 0 Å². The first-order valence-electron chi connectivity index (χ1n) is 5.26. The largest absolute Gasteiger partial charge is 0.300 e. The van der Waals surface area contributed by atoms with Crippen molar-refractivity contribution in [2.45, 2.75) is 20.3 Å². The normalized spacial score (nSPS) is 10.4. The van der Waals surface area contributed by atoms with Gasteiger partial charge in [-0.25, -0.2) is 4.68 Å². The summed E-state index contributed by atoms with van der Waals surface area (Å²) in [6.45, 7) is 3.63. The van der Waals surface area contributed by atoms with Crippen LogP contribution in [0.1, 0.15) is 18.1 Å². The molecule has 0 aliphatic heterocycles. The number of carbonyl (C=O) groups excluding carboxylic acids is 1. The highest BCUT2D eigenvalue weighted by atomic mass is 16.1. The lowest BCUT2D eigenvalue weighted by Crippen LogP contribution is -1.97. The van der Waals surface area contributed by atoms with Crippen LogP contribution in [0.3, 0.4) is 0 Å². The molecular weight excluding hydrogens is 200 g/mol. The molecule has 0 bridgehead atoms. The summed E-state index contributed by atoms with van der Waals surface area (Å²) in [4.78, 5) is 11.0. The number of hydrogen-bond acceptors (Lipinski definition) is 2. The first-order chi connectivity index (χ1) is 7.66. The van der Waals surface area contributed by atoms with Gasteiger partial charge in [-0.15, -0.1) is 0 Å². The van der Waals surface area contributed by atoms with Gasteiger partial charge in [-0.2, -0.15) is 5.10 Å². The molecule has 3 nitrogen and oxygen atoms in total. The fraction of sp³-hybridized carbons (Fsp3) is 0.231. The van der Waals surface area contributed by atoms with Crippen molar-refractivity contribution in [2.24, 2.45) is 0 Å². The zero-order valence-electron chi connectivity index (χ0n) is 9.47. The van der Waals surface area contributed by atoms with Crippen molar-refractivity contribution in [1.29, 1.82) is 0 Å². The van der Waals surface area contributed by atoms with Crippen LogP contribution in [0.5, 0.6) is 0 Å². The minimum Gasteiger partial charge on any atom is -0.300 e. The van der Waals surface area contributed by atoms with E-state index >= 15 is 0 Å². The van der Waals surface area contributed by atoms with Crippen LogP contribution in [0, 0.1) is 6.92 Å². The number of hydrogen-bond donors (Lipinski definition) is 0. The van der Waals surface area contributed by atoms with Gasteiger partial charge in [0.05, 0.1) is 11.9 Å². The molecule has 0 aliphatic rings. The second kappa shape index (κ2) is 4.31. The van der Waals surface area contributed by atoms with Crippen molar-refractivity contribution < 1.29 is 4.79 Å². The van der Waals surface area contributed by atoms with E-state index in [2.05, 4.69) is 5.10 Å². The number of nitrogens with zero attached hydrogens (tertiary/aromatic N) is 2. The molecule has 0 amide bonds. The van der Waals surface area contributed by atoms with Crippen LogP contribution >= 0.6 is 0 Å². The summed E-state index contributed by atoms with van der Waals surface area (Å²) in [5.41, 5.74) is 3.17. The van der Waals surface area contributed by atoms with Crippen LogP contribution in [-0.4, -0.2) is 15.6 Å². The Bertz CT molecular complexity index is 514. The molecule has 82 valence electrons. The lowest BCUT2D eigenvalue weighted by atomic mass is 10.2. The second-order valence-electron chi connectivity index (χ2n) is 3.96. The van der Waals surface area contributed by atoms with Crippen molar-refractivity contribution in [3.63, 3.8) is 0 Å². The van der Waals surface area contributed by atoms with Gasteiger partial charge in [-0.3, -0.25) is 4.79 Å². The van der Waals surface area contributed by atoms with Gasteiger partial charge in [0.1, 0.15) is 5.78 Å². The molecule has 0 aliphatic carbocycles. The maximum Gasteiger partial charge on any atom is 0.134 e. The van der Waals surface area contributed by atoms with Gasteiger partial charge < -0.3 is 0 Å². The van der Waals surface area contributed by atoms with E-state index in [1.54, 1.807) is 13.1 Å². The fourth-order valence-corrected chi connectivity index (χ4v) is 1.69. The highest BCUT2D eigenvalue weighted by Gasteiger charge is 2.04. The molecule has 0 saturated heterocycles. The Morgan fingerprint density at radius 2 is 2.12 bits per heavy atom. The lowest BCUT2D eigenvalue weighted by Gasteiger charge is -2.04. The summed E-state index contributed by atoms with van der Waals surface area (Å²) >= 11 is 0. The van der Waals surface area contributed by atoms with Crippen molar-refractivity contribution in [2.75, 3.05) is 0 Å². The Labute approximate surface area is 94.7 Å². The van der Waals surface area contributed by atoms with E-state index in [1.807, 2.05) is 42.1 Å². The number of ketones is 1. The molecular formula is C13H14N2O. The predicted molar refractivity (Wildman–Crippen MR) is 62.7 cm³/mol. The predicted octanol–water partition coefficient (Wildman–Crippen LogP) is 2.31. The van der Waals surface area contributed by atoms with E-state index in [0.29, 0.717) is 6.42 Å².